The molecule has 0 saturated heterocycles. The van der Waals surface area contributed by atoms with Crippen molar-refractivity contribution in [3.63, 3.8) is 0 Å². The molecule has 0 aliphatic carbocycles. The van der Waals surface area contributed by atoms with Gasteiger partial charge in [-0.15, -0.1) is 5.10 Å². The van der Waals surface area contributed by atoms with Crippen molar-refractivity contribution in [3.05, 3.63) is 74.5 Å². The van der Waals surface area contributed by atoms with Crippen molar-refractivity contribution in [2.24, 2.45) is 0 Å². The average molecular weight is 406 g/mol. The SMILES string of the molecule is CC(C)Oc1ccc(-c2nc3s/c(=C/c4ccc(C(C)C)cc4)c(=O)n3n2)cc1. The van der Waals surface area contributed by atoms with Crippen molar-refractivity contribution < 1.29 is 4.74 Å². The van der Waals surface area contributed by atoms with Gasteiger partial charge in [-0.05, 0) is 61.2 Å². The number of aromatic nitrogens is 3. The fraction of sp³-hybridized carbons (Fsp3) is 0.261. The van der Waals surface area contributed by atoms with Gasteiger partial charge in [-0.2, -0.15) is 9.50 Å². The summed E-state index contributed by atoms with van der Waals surface area (Å²) in [5.74, 6) is 1.82. The predicted octanol–water partition coefficient (Wildman–Crippen LogP) is 4.28. The summed E-state index contributed by atoms with van der Waals surface area (Å²) in [6.45, 7) is 8.30. The topological polar surface area (TPSA) is 56.5 Å². The van der Waals surface area contributed by atoms with E-state index in [0.29, 0.717) is 21.2 Å². The third-order valence-corrected chi connectivity index (χ3v) is 5.53. The zero-order valence-electron chi connectivity index (χ0n) is 16.9. The van der Waals surface area contributed by atoms with E-state index in [-0.39, 0.29) is 11.7 Å². The van der Waals surface area contributed by atoms with Crippen LogP contribution in [0.15, 0.2) is 53.3 Å². The summed E-state index contributed by atoms with van der Waals surface area (Å²) in [6, 6.07) is 15.9. The summed E-state index contributed by atoms with van der Waals surface area (Å²) in [4.78, 5) is 17.9. The Morgan fingerprint density at radius 3 is 2.28 bits per heavy atom. The maximum atomic E-state index is 12.7. The first-order valence-corrected chi connectivity index (χ1v) is 10.5. The Bertz CT molecular complexity index is 1240. The number of ether oxygens (including phenoxy) is 1. The van der Waals surface area contributed by atoms with E-state index in [1.165, 1.54) is 21.4 Å². The van der Waals surface area contributed by atoms with Crippen LogP contribution in [0, 0.1) is 0 Å². The Morgan fingerprint density at radius 1 is 1.00 bits per heavy atom. The van der Waals surface area contributed by atoms with E-state index in [9.17, 15) is 4.79 Å². The molecule has 0 bridgehead atoms. The lowest BCUT2D eigenvalue weighted by molar-refractivity contribution is 0.242. The first-order valence-electron chi connectivity index (χ1n) is 9.69. The Balaban J connectivity index is 1.64. The van der Waals surface area contributed by atoms with Crippen LogP contribution in [0.25, 0.3) is 22.4 Å². The maximum absolute atomic E-state index is 12.7. The molecule has 0 spiro atoms. The normalized spacial score (nSPS) is 12.4. The molecule has 0 saturated carbocycles. The monoisotopic (exact) mass is 405 g/mol. The lowest BCUT2D eigenvalue weighted by atomic mass is 10.0. The minimum absolute atomic E-state index is 0.121. The molecule has 148 valence electrons. The van der Waals surface area contributed by atoms with Gasteiger partial charge in [-0.3, -0.25) is 4.79 Å². The number of hydrogen-bond donors (Lipinski definition) is 0. The Labute approximate surface area is 173 Å². The van der Waals surface area contributed by atoms with Gasteiger partial charge in [0.25, 0.3) is 5.56 Å². The quantitative estimate of drug-likeness (QED) is 0.497. The molecule has 6 heteroatoms. The minimum atomic E-state index is -0.142. The van der Waals surface area contributed by atoms with Crippen LogP contribution in [-0.2, 0) is 0 Å². The van der Waals surface area contributed by atoms with Gasteiger partial charge >= 0.3 is 0 Å². The summed E-state index contributed by atoms with van der Waals surface area (Å²) in [5, 5.41) is 4.42. The Hall–Kier alpha value is -2.99. The molecule has 0 unspecified atom stereocenters. The van der Waals surface area contributed by atoms with E-state index in [2.05, 4.69) is 36.1 Å². The largest absolute Gasteiger partial charge is 0.491 e. The van der Waals surface area contributed by atoms with E-state index >= 15 is 0 Å². The van der Waals surface area contributed by atoms with Crippen molar-refractivity contribution in [1.82, 2.24) is 14.6 Å². The van der Waals surface area contributed by atoms with Gasteiger partial charge in [-0.25, -0.2) is 0 Å². The number of nitrogens with zero attached hydrogens (tertiary/aromatic N) is 3. The third kappa shape index (κ3) is 4.07. The lowest BCUT2D eigenvalue weighted by Crippen LogP contribution is -2.23. The second-order valence-corrected chi connectivity index (χ2v) is 8.57. The molecule has 0 radical (unpaired) electrons. The smallest absolute Gasteiger partial charge is 0.291 e. The highest BCUT2D eigenvalue weighted by atomic mass is 32.1. The molecule has 0 aliphatic heterocycles. The average Bonchev–Trinajstić information content (AvgIpc) is 3.22. The van der Waals surface area contributed by atoms with Crippen molar-refractivity contribution >= 4 is 22.4 Å². The number of fused-ring (bicyclic) bond motifs is 1. The second-order valence-electron chi connectivity index (χ2n) is 7.56. The van der Waals surface area contributed by atoms with E-state index < -0.39 is 0 Å². The number of thiazole rings is 1. The first kappa shape index (κ1) is 19.3. The van der Waals surface area contributed by atoms with Gasteiger partial charge in [0.2, 0.25) is 4.96 Å². The lowest BCUT2D eigenvalue weighted by Gasteiger charge is -2.09. The molecule has 2 aromatic heterocycles. The summed E-state index contributed by atoms with van der Waals surface area (Å²) in [7, 11) is 0. The number of hydrogen-bond acceptors (Lipinski definition) is 5. The molecular weight excluding hydrogens is 382 g/mol. The molecular formula is C23H23N3O2S. The van der Waals surface area contributed by atoms with Crippen LogP contribution in [0.1, 0.15) is 44.7 Å². The molecule has 29 heavy (non-hydrogen) atoms. The molecule has 0 atom stereocenters. The van der Waals surface area contributed by atoms with Crippen molar-refractivity contribution in [1.29, 1.82) is 0 Å². The molecule has 0 amide bonds. The molecule has 0 fully saturated rings. The molecule has 4 rings (SSSR count). The van der Waals surface area contributed by atoms with Gasteiger partial charge in [0.15, 0.2) is 5.82 Å². The van der Waals surface area contributed by atoms with Crippen molar-refractivity contribution in [2.75, 3.05) is 0 Å². The summed E-state index contributed by atoms with van der Waals surface area (Å²) < 4.78 is 7.67. The molecule has 2 aromatic carbocycles. The van der Waals surface area contributed by atoms with Crippen molar-refractivity contribution in [2.45, 2.75) is 39.7 Å². The fourth-order valence-electron chi connectivity index (χ4n) is 3.04. The number of benzene rings is 2. The molecule has 5 nitrogen and oxygen atoms in total. The highest BCUT2D eigenvalue weighted by Gasteiger charge is 2.12. The zero-order chi connectivity index (χ0) is 20.5. The fourth-order valence-corrected chi connectivity index (χ4v) is 3.95. The molecule has 0 aliphatic rings. The second kappa shape index (κ2) is 7.79. The summed E-state index contributed by atoms with van der Waals surface area (Å²) in [6.07, 6.45) is 2.02. The van der Waals surface area contributed by atoms with Crippen LogP contribution in [0.3, 0.4) is 0 Å². The van der Waals surface area contributed by atoms with Gasteiger partial charge in [0.05, 0.1) is 10.6 Å². The van der Waals surface area contributed by atoms with Crippen LogP contribution in [0.5, 0.6) is 5.75 Å². The van der Waals surface area contributed by atoms with Gasteiger partial charge in [0, 0.05) is 5.56 Å². The van der Waals surface area contributed by atoms with Crippen molar-refractivity contribution in [3.8, 4) is 17.1 Å². The first-order chi connectivity index (χ1) is 13.9. The van der Waals surface area contributed by atoms with Crippen LogP contribution in [0.2, 0.25) is 0 Å². The minimum Gasteiger partial charge on any atom is -0.491 e. The van der Waals surface area contributed by atoms with Gasteiger partial charge in [0.1, 0.15) is 5.75 Å². The third-order valence-electron chi connectivity index (χ3n) is 4.57. The maximum Gasteiger partial charge on any atom is 0.291 e. The van der Waals surface area contributed by atoms with E-state index in [1.54, 1.807) is 0 Å². The van der Waals surface area contributed by atoms with Crippen LogP contribution >= 0.6 is 11.3 Å². The Morgan fingerprint density at radius 2 is 1.69 bits per heavy atom. The molecule has 0 N–H and O–H groups in total. The number of rotatable bonds is 5. The van der Waals surface area contributed by atoms with E-state index in [0.717, 1.165) is 16.9 Å². The highest BCUT2D eigenvalue weighted by molar-refractivity contribution is 7.15. The van der Waals surface area contributed by atoms with E-state index in [1.807, 2.05) is 56.3 Å². The zero-order valence-corrected chi connectivity index (χ0v) is 17.7. The van der Waals surface area contributed by atoms with E-state index in [4.69, 9.17) is 4.74 Å². The summed E-state index contributed by atoms with van der Waals surface area (Å²) >= 11 is 1.35. The van der Waals surface area contributed by atoms with Gasteiger partial charge in [-0.1, -0.05) is 49.4 Å². The van der Waals surface area contributed by atoms with Crippen LogP contribution in [-0.4, -0.2) is 20.7 Å². The molecule has 2 heterocycles. The standard InChI is InChI=1S/C23H23N3O2S/c1-14(2)17-7-5-16(6-8-17)13-20-22(27)26-23(29-20)24-21(25-26)18-9-11-19(12-10-18)28-15(3)4/h5-15H,1-4H3/b20-13+. The van der Waals surface area contributed by atoms with Gasteiger partial charge < -0.3 is 4.74 Å². The van der Waals surface area contributed by atoms with Crippen LogP contribution in [0.4, 0.5) is 0 Å². The highest BCUT2D eigenvalue weighted by Crippen LogP contribution is 2.21. The summed E-state index contributed by atoms with van der Waals surface area (Å²) in [5.41, 5.74) is 2.99. The van der Waals surface area contributed by atoms with Crippen LogP contribution < -0.4 is 14.8 Å². The molecule has 4 aromatic rings. The predicted molar refractivity (Wildman–Crippen MR) is 118 cm³/mol. The Kier molecular flexibility index (Phi) is 5.20.